The standard InChI is InChI=1S/C13H19NO4/c1-9(15)13(16)14-8-7-10-5-4-6-11(17-2)12(10)18-3/h4-6,9,15H,7-8H2,1-3H3,(H,14,16)/t9-/m1/s1. The molecule has 1 amide bonds. The van der Waals surface area contributed by atoms with Gasteiger partial charge in [-0.15, -0.1) is 0 Å². The van der Waals surface area contributed by atoms with Gasteiger partial charge in [-0.3, -0.25) is 4.79 Å². The third kappa shape index (κ3) is 3.63. The predicted octanol–water partition coefficient (Wildman–Crippen LogP) is 0.743. The minimum Gasteiger partial charge on any atom is -0.493 e. The first-order valence-electron chi connectivity index (χ1n) is 5.75. The molecule has 5 heteroatoms. The van der Waals surface area contributed by atoms with Crippen molar-refractivity contribution in [2.75, 3.05) is 20.8 Å². The molecule has 1 atom stereocenters. The van der Waals surface area contributed by atoms with Crippen LogP contribution in [0.3, 0.4) is 0 Å². The molecule has 1 rings (SSSR count). The Hall–Kier alpha value is -1.75. The summed E-state index contributed by atoms with van der Waals surface area (Å²) in [6.45, 7) is 1.87. The lowest BCUT2D eigenvalue weighted by Gasteiger charge is -2.13. The molecule has 0 aliphatic heterocycles. The number of carbonyl (C=O) groups excluding carboxylic acids is 1. The van der Waals surface area contributed by atoms with Gasteiger partial charge in [-0.1, -0.05) is 12.1 Å². The Bertz CT molecular complexity index is 404. The highest BCUT2D eigenvalue weighted by Gasteiger charge is 2.11. The highest BCUT2D eigenvalue weighted by atomic mass is 16.5. The van der Waals surface area contributed by atoms with E-state index in [0.29, 0.717) is 24.5 Å². The zero-order valence-electron chi connectivity index (χ0n) is 10.9. The lowest BCUT2D eigenvalue weighted by Crippen LogP contribution is -2.33. The second-order valence-electron chi connectivity index (χ2n) is 3.87. The van der Waals surface area contributed by atoms with E-state index < -0.39 is 6.10 Å². The Morgan fingerprint density at radius 3 is 2.67 bits per heavy atom. The SMILES string of the molecule is COc1cccc(CCNC(=O)[C@@H](C)O)c1OC. The molecule has 0 saturated heterocycles. The Morgan fingerprint density at radius 1 is 1.39 bits per heavy atom. The quantitative estimate of drug-likeness (QED) is 0.785. The van der Waals surface area contributed by atoms with Gasteiger partial charge in [0.25, 0.3) is 0 Å². The van der Waals surface area contributed by atoms with E-state index in [1.54, 1.807) is 14.2 Å². The summed E-state index contributed by atoms with van der Waals surface area (Å²) < 4.78 is 10.5. The van der Waals surface area contributed by atoms with Crippen LogP contribution >= 0.6 is 0 Å². The number of benzene rings is 1. The average molecular weight is 253 g/mol. The molecule has 1 aromatic rings. The second kappa shape index (κ2) is 6.86. The zero-order chi connectivity index (χ0) is 13.5. The molecule has 0 aliphatic rings. The molecule has 0 fully saturated rings. The molecule has 0 aliphatic carbocycles. The van der Waals surface area contributed by atoms with Gasteiger partial charge in [-0.25, -0.2) is 0 Å². The van der Waals surface area contributed by atoms with Crippen molar-refractivity contribution in [1.82, 2.24) is 5.32 Å². The fourth-order valence-corrected chi connectivity index (χ4v) is 1.62. The molecule has 0 unspecified atom stereocenters. The van der Waals surface area contributed by atoms with Crippen molar-refractivity contribution in [2.45, 2.75) is 19.4 Å². The van der Waals surface area contributed by atoms with Crippen LogP contribution in [0.1, 0.15) is 12.5 Å². The van der Waals surface area contributed by atoms with E-state index in [9.17, 15) is 4.79 Å². The molecule has 1 aromatic carbocycles. The van der Waals surface area contributed by atoms with Gasteiger partial charge in [0.15, 0.2) is 11.5 Å². The molecule has 0 bridgehead atoms. The fourth-order valence-electron chi connectivity index (χ4n) is 1.62. The van der Waals surface area contributed by atoms with E-state index in [1.165, 1.54) is 6.92 Å². The Balaban J connectivity index is 2.64. The first-order valence-corrected chi connectivity index (χ1v) is 5.75. The molecular weight excluding hydrogens is 234 g/mol. The van der Waals surface area contributed by atoms with Crippen LogP contribution in [0, 0.1) is 0 Å². The molecule has 100 valence electrons. The van der Waals surface area contributed by atoms with Crippen LogP contribution in [0.15, 0.2) is 18.2 Å². The minimum absolute atomic E-state index is 0.378. The van der Waals surface area contributed by atoms with E-state index >= 15 is 0 Å². The average Bonchev–Trinajstić information content (AvgIpc) is 2.37. The Kier molecular flexibility index (Phi) is 5.45. The molecule has 5 nitrogen and oxygen atoms in total. The highest BCUT2D eigenvalue weighted by molar-refractivity contribution is 5.79. The number of methoxy groups -OCH3 is 2. The molecular formula is C13H19NO4. The summed E-state index contributed by atoms with van der Waals surface area (Å²) in [4.78, 5) is 11.2. The van der Waals surface area contributed by atoms with Crippen molar-refractivity contribution >= 4 is 5.91 Å². The van der Waals surface area contributed by atoms with Crippen molar-refractivity contribution in [1.29, 1.82) is 0 Å². The van der Waals surface area contributed by atoms with Crippen molar-refractivity contribution in [2.24, 2.45) is 0 Å². The van der Waals surface area contributed by atoms with Crippen molar-refractivity contribution in [3.05, 3.63) is 23.8 Å². The predicted molar refractivity (Wildman–Crippen MR) is 67.9 cm³/mol. The number of rotatable bonds is 6. The molecule has 18 heavy (non-hydrogen) atoms. The lowest BCUT2D eigenvalue weighted by molar-refractivity contribution is -0.128. The first-order chi connectivity index (χ1) is 8.60. The fraction of sp³-hybridized carbons (Fsp3) is 0.462. The molecule has 0 aromatic heterocycles. The van der Waals surface area contributed by atoms with Gasteiger partial charge in [0, 0.05) is 6.54 Å². The van der Waals surface area contributed by atoms with Crippen LogP contribution in [-0.4, -0.2) is 37.9 Å². The summed E-state index contributed by atoms with van der Waals surface area (Å²) in [5, 5.41) is 11.7. The number of amides is 1. The van der Waals surface area contributed by atoms with E-state index in [2.05, 4.69) is 5.32 Å². The summed E-state index contributed by atoms with van der Waals surface area (Å²) in [6.07, 6.45) is -0.379. The zero-order valence-corrected chi connectivity index (χ0v) is 10.9. The largest absolute Gasteiger partial charge is 0.493 e. The van der Waals surface area contributed by atoms with Crippen LogP contribution in [0.4, 0.5) is 0 Å². The van der Waals surface area contributed by atoms with E-state index in [4.69, 9.17) is 14.6 Å². The molecule has 0 spiro atoms. The van der Waals surface area contributed by atoms with E-state index in [-0.39, 0.29) is 5.91 Å². The van der Waals surface area contributed by atoms with Crippen LogP contribution in [0.25, 0.3) is 0 Å². The summed E-state index contributed by atoms with van der Waals surface area (Å²) in [7, 11) is 3.16. The molecule has 2 N–H and O–H groups in total. The van der Waals surface area contributed by atoms with Gasteiger partial charge in [0.2, 0.25) is 5.91 Å². The van der Waals surface area contributed by atoms with Gasteiger partial charge in [0.05, 0.1) is 14.2 Å². The van der Waals surface area contributed by atoms with Gasteiger partial charge in [-0.05, 0) is 25.0 Å². The summed E-state index contributed by atoms with van der Waals surface area (Å²) >= 11 is 0. The lowest BCUT2D eigenvalue weighted by atomic mass is 10.1. The summed E-state index contributed by atoms with van der Waals surface area (Å²) in [6, 6.07) is 5.60. The number of aliphatic hydroxyl groups excluding tert-OH is 1. The number of ether oxygens (including phenoxy) is 2. The monoisotopic (exact) mass is 253 g/mol. The van der Waals surface area contributed by atoms with Crippen molar-refractivity contribution in [3.8, 4) is 11.5 Å². The molecule has 0 heterocycles. The van der Waals surface area contributed by atoms with Crippen molar-refractivity contribution in [3.63, 3.8) is 0 Å². The highest BCUT2D eigenvalue weighted by Crippen LogP contribution is 2.30. The van der Waals surface area contributed by atoms with Crippen LogP contribution in [0.5, 0.6) is 11.5 Å². The summed E-state index contributed by atoms with van der Waals surface area (Å²) in [5.41, 5.74) is 0.947. The normalized spacial score (nSPS) is 11.8. The van der Waals surface area contributed by atoms with Crippen LogP contribution in [0.2, 0.25) is 0 Å². The third-order valence-electron chi connectivity index (χ3n) is 2.56. The number of hydrogen-bond donors (Lipinski definition) is 2. The van der Waals surface area contributed by atoms with Gasteiger partial charge < -0.3 is 19.9 Å². The minimum atomic E-state index is -0.989. The third-order valence-corrected chi connectivity index (χ3v) is 2.56. The first kappa shape index (κ1) is 14.3. The topological polar surface area (TPSA) is 67.8 Å². The maximum absolute atomic E-state index is 11.2. The smallest absolute Gasteiger partial charge is 0.248 e. The van der Waals surface area contributed by atoms with Gasteiger partial charge >= 0.3 is 0 Å². The Labute approximate surface area is 107 Å². The number of nitrogens with one attached hydrogen (secondary N) is 1. The second-order valence-corrected chi connectivity index (χ2v) is 3.87. The number of carbonyl (C=O) groups is 1. The molecule has 0 radical (unpaired) electrons. The molecule has 0 saturated carbocycles. The van der Waals surface area contributed by atoms with Gasteiger partial charge in [-0.2, -0.15) is 0 Å². The van der Waals surface area contributed by atoms with E-state index in [0.717, 1.165) is 5.56 Å². The van der Waals surface area contributed by atoms with Gasteiger partial charge in [0.1, 0.15) is 6.10 Å². The summed E-state index contributed by atoms with van der Waals surface area (Å²) in [5.74, 6) is 0.958. The van der Waals surface area contributed by atoms with Crippen molar-refractivity contribution < 1.29 is 19.4 Å². The van der Waals surface area contributed by atoms with Crippen LogP contribution < -0.4 is 14.8 Å². The maximum atomic E-state index is 11.2. The Morgan fingerprint density at radius 2 is 2.11 bits per heavy atom. The maximum Gasteiger partial charge on any atom is 0.248 e. The van der Waals surface area contributed by atoms with E-state index in [1.807, 2.05) is 18.2 Å². The number of para-hydroxylation sites is 1. The number of hydrogen-bond acceptors (Lipinski definition) is 4. The number of aliphatic hydroxyl groups is 1. The van der Waals surface area contributed by atoms with Crippen LogP contribution in [-0.2, 0) is 11.2 Å².